The zero-order valence-electron chi connectivity index (χ0n) is 14.0. The Morgan fingerprint density at radius 1 is 0.952 bits per heavy atom. The minimum Gasteiger partial charge on any atom is -0.481 e. The second-order valence-corrected chi connectivity index (χ2v) is 6.33. The Kier molecular flexibility index (Phi) is 9.76. The van der Waals surface area contributed by atoms with Gasteiger partial charge in [0.1, 0.15) is 0 Å². The lowest BCUT2D eigenvalue weighted by Crippen LogP contribution is -2.15. The topological polar surface area (TPSA) is 63.6 Å². The van der Waals surface area contributed by atoms with Gasteiger partial charge in [0.2, 0.25) is 0 Å². The minimum absolute atomic E-state index is 0.164. The zero-order valence-corrected chi connectivity index (χ0v) is 14.0. The SMILES string of the molecule is COC(=O)C[C@H](C/C=C/C[C@@H](CC(=O)O)C(C)C)C(C)C. The summed E-state index contributed by atoms with van der Waals surface area (Å²) in [6, 6.07) is 0. The molecule has 4 heteroatoms. The number of carbonyl (C=O) groups is 2. The maximum Gasteiger partial charge on any atom is 0.305 e. The van der Waals surface area contributed by atoms with E-state index in [2.05, 4.69) is 39.8 Å². The number of carboxylic acids is 1. The molecule has 0 aliphatic heterocycles. The lowest BCUT2D eigenvalue weighted by molar-refractivity contribution is -0.142. The first-order valence-electron chi connectivity index (χ1n) is 7.71. The molecule has 0 saturated heterocycles. The van der Waals surface area contributed by atoms with Crippen LogP contribution >= 0.6 is 0 Å². The van der Waals surface area contributed by atoms with Gasteiger partial charge in [-0.25, -0.2) is 0 Å². The van der Waals surface area contributed by atoms with Gasteiger partial charge in [0.05, 0.1) is 7.11 Å². The monoisotopic (exact) mass is 298 g/mol. The fraction of sp³-hybridized carbons (Fsp3) is 0.765. The molecule has 122 valence electrons. The molecule has 0 amide bonds. The van der Waals surface area contributed by atoms with E-state index in [0.29, 0.717) is 18.3 Å². The van der Waals surface area contributed by atoms with Crippen molar-refractivity contribution in [1.29, 1.82) is 0 Å². The summed E-state index contributed by atoms with van der Waals surface area (Å²) in [5, 5.41) is 8.90. The summed E-state index contributed by atoms with van der Waals surface area (Å²) in [5.74, 6) is 0.277. The van der Waals surface area contributed by atoms with Crippen LogP contribution in [0, 0.1) is 23.7 Å². The largest absolute Gasteiger partial charge is 0.481 e. The number of ether oxygens (including phenoxy) is 1. The first-order chi connectivity index (χ1) is 9.77. The van der Waals surface area contributed by atoms with Gasteiger partial charge in [0.15, 0.2) is 0 Å². The average molecular weight is 298 g/mol. The Labute approximate surface area is 128 Å². The normalized spacial score (nSPS) is 14.6. The highest BCUT2D eigenvalue weighted by Gasteiger charge is 2.18. The van der Waals surface area contributed by atoms with Gasteiger partial charge in [-0.1, -0.05) is 39.8 Å². The van der Waals surface area contributed by atoms with Gasteiger partial charge in [0, 0.05) is 12.8 Å². The van der Waals surface area contributed by atoms with Gasteiger partial charge in [-0.2, -0.15) is 0 Å². The van der Waals surface area contributed by atoms with Crippen LogP contribution in [0.3, 0.4) is 0 Å². The fourth-order valence-corrected chi connectivity index (χ4v) is 2.25. The molecule has 0 aromatic heterocycles. The van der Waals surface area contributed by atoms with Crippen LogP contribution in [-0.2, 0) is 14.3 Å². The lowest BCUT2D eigenvalue weighted by Gasteiger charge is -2.19. The molecule has 0 radical (unpaired) electrons. The van der Waals surface area contributed by atoms with Gasteiger partial charge in [-0.05, 0) is 36.5 Å². The van der Waals surface area contributed by atoms with Gasteiger partial charge in [-0.15, -0.1) is 0 Å². The van der Waals surface area contributed by atoms with E-state index in [0.717, 1.165) is 12.8 Å². The number of carbonyl (C=O) groups excluding carboxylic acids is 1. The highest BCUT2D eigenvalue weighted by Crippen LogP contribution is 2.23. The van der Waals surface area contributed by atoms with Crippen molar-refractivity contribution in [3.05, 3.63) is 12.2 Å². The highest BCUT2D eigenvalue weighted by molar-refractivity contribution is 5.69. The number of hydrogen-bond donors (Lipinski definition) is 1. The third kappa shape index (κ3) is 9.27. The molecule has 0 rings (SSSR count). The van der Waals surface area contributed by atoms with Gasteiger partial charge in [-0.3, -0.25) is 9.59 Å². The Hall–Kier alpha value is -1.32. The third-order valence-electron chi connectivity index (χ3n) is 4.02. The van der Waals surface area contributed by atoms with E-state index in [4.69, 9.17) is 9.84 Å². The third-order valence-corrected chi connectivity index (χ3v) is 4.02. The van der Waals surface area contributed by atoms with E-state index >= 15 is 0 Å². The predicted molar refractivity (Wildman–Crippen MR) is 83.9 cm³/mol. The number of methoxy groups -OCH3 is 1. The predicted octanol–water partition coefficient (Wildman–Crippen LogP) is 3.91. The van der Waals surface area contributed by atoms with Crippen molar-refractivity contribution < 1.29 is 19.4 Å². The summed E-state index contributed by atoms with van der Waals surface area (Å²) >= 11 is 0. The van der Waals surface area contributed by atoms with Crippen LogP contribution in [0.25, 0.3) is 0 Å². The van der Waals surface area contributed by atoms with Crippen molar-refractivity contribution in [2.45, 2.75) is 53.4 Å². The second-order valence-electron chi connectivity index (χ2n) is 6.33. The average Bonchev–Trinajstić information content (AvgIpc) is 2.39. The van der Waals surface area contributed by atoms with Crippen molar-refractivity contribution >= 4 is 11.9 Å². The van der Waals surface area contributed by atoms with E-state index in [1.807, 2.05) is 0 Å². The molecular weight excluding hydrogens is 268 g/mol. The van der Waals surface area contributed by atoms with Gasteiger partial charge in [0.25, 0.3) is 0 Å². The fourth-order valence-electron chi connectivity index (χ4n) is 2.25. The molecule has 0 aromatic rings. The zero-order chi connectivity index (χ0) is 16.4. The summed E-state index contributed by atoms with van der Waals surface area (Å²) in [6.45, 7) is 8.30. The lowest BCUT2D eigenvalue weighted by atomic mass is 9.87. The molecule has 0 bridgehead atoms. The van der Waals surface area contributed by atoms with E-state index in [1.54, 1.807) is 0 Å². The van der Waals surface area contributed by atoms with Crippen LogP contribution < -0.4 is 0 Å². The molecule has 0 aliphatic carbocycles. The minimum atomic E-state index is -0.743. The molecule has 0 aromatic carbocycles. The maximum absolute atomic E-state index is 11.4. The van der Waals surface area contributed by atoms with Crippen molar-refractivity contribution in [3.63, 3.8) is 0 Å². The highest BCUT2D eigenvalue weighted by atomic mass is 16.5. The van der Waals surface area contributed by atoms with Crippen LogP contribution in [0.1, 0.15) is 53.4 Å². The van der Waals surface area contributed by atoms with Crippen molar-refractivity contribution in [1.82, 2.24) is 0 Å². The van der Waals surface area contributed by atoms with Crippen LogP contribution in [0.4, 0.5) is 0 Å². The van der Waals surface area contributed by atoms with Crippen LogP contribution in [-0.4, -0.2) is 24.2 Å². The molecule has 0 fully saturated rings. The van der Waals surface area contributed by atoms with Crippen LogP contribution in [0.15, 0.2) is 12.2 Å². The molecule has 0 unspecified atom stereocenters. The van der Waals surface area contributed by atoms with Crippen molar-refractivity contribution in [2.24, 2.45) is 23.7 Å². The molecule has 4 nitrogen and oxygen atoms in total. The molecule has 2 atom stereocenters. The molecule has 0 aliphatic rings. The quantitative estimate of drug-likeness (QED) is 0.490. The standard InChI is InChI=1S/C17H30O4/c1-12(2)14(10-16(18)19)8-6-7-9-15(13(3)4)11-17(20)21-5/h6-7,12-15H,8-11H2,1-5H3,(H,18,19)/b7-6+/t14-,15-/m0/s1. The number of esters is 1. The van der Waals surface area contributed by atoms with Crippen LogP contribution in [0.5, 0.6) is 0 Å². The summed E-state index contributed by atoms with van der Waals surface area (Å²) in [4.78, 5) is 22.2. The van der Waals surface area contributed by atoms with Crippen LogP contribution in [0.2, 0.25) is 0 Å². The first-order valence-corrected chi connectivity index (χ1v) is 7.71. The molecule has 1 N–H and O–H groups in total. The molecule has 0 saturated carbocycles. The van der Waals surface area contributed by atoms with Crippen molar-refractivity contribution in [3.8, 4) is 0 Å². The van der Waals surface area contributed by atoms with Gasteiger partial charge < -0.3 is 9.84 Å². The first kappa shape index (κ1) is 19.7. The summed E-state index contributed by atoms with van der Waals surface area (Å²) in [5.41, 5.74) is 0. The van der Waals surface area contributed by atoms with E-state index in [9.17, 15) is 9.59 Å². The molecule has 21 heavy (non-hydrogen) atoms. The number of hydrogen-bond acceptors (Lipinski definition) is 3. The smallest absolute Gasteiger partial charge is 0.305 e. The van der Waals surface area contributed by atoms with E-state index < -0.39 is 5.97 Å². The summed E-state index contributed by atoms with van der Waals surface area (Å²) in [6.07, 6.45) is 6.36. The Morgan fingerprint density at radius 2 is 1.38 bits per heavy atom. The van der Waals surface area contributed by atoms with E-state index in [1.165, 1.54) is 7.11 Å². The molecule has 0 spiro atoms. The number of allylic oxidation sites excluding steroid dienone is 2. The maximum atomic E-state index is 11.4. The number of aliphatic carboxylic acids is 1. The number of carboxylic acid groups (broad SMARTS) is 1. The molecular formula is C17H30O4. The summed E-state index contributed by atoms with van der Waals surface area (Å²) in [7, 11) is 1.41. The van der Waals surface area contributed by atoms with Crippen molar-refractivity contribution in [2.75, 3.05) is 7.11 Å². The van der Waals surface area contributed by atoms with Gasteiger partial charge >= 0.3 is 11.9 Å². The Balaban J connectivity index is 4.37. The van der Waals surface area contributed by atoms with E-state index in [-0.39, 0.29) is 24.2 Å². The molecule has 0 heterocycles. The number of rotatable bonds is 10. The Bertz CT molecular complexity index is 345. The Morgan fingerprint density at radius 3 is 1.71 bits per heavy atom. The second kappa shape index (κ2) is 10.4. The summed E-state index contributed by atoms with van der Waals surface area (Å²) < 4.78 is 4.72.